The van der Waals surface area contributed by atoms with E-state index in [-0.39, 0.29) is 24.9 Å². The molecular weight excluding hydrogens is 287 g/mol. The van der Waals surface area contributed by atoms with E-state index in [0.717, 1.165) is 0 Å². The lowest BCUT2D eigenvalue weighted by Gasteiger charge is -2.11. The van der Waals surface area contributed by atoms with Gasteiger partial charge in [-0.05, 0) is 42.5 Å². The zero-order valence-corrected chi connectivity index (χ0v) is 11.8. The van der Waals surface area contributed by atoms with Gasteiger partial charge in [-0.25, -0.2) is 4.39 Å². The van der Waals surface area contributed by atoms with Crippen LogP contribution in [0.2, 0.25) is 0 Å². The summed E-state index contributed by atoms with van der Waals surface area (Å²) in [7, 11) is 0. The molecule has 0 fully saturated rings. The molecule has 0 saturated carbocycles. The number of nitrogens with one attached hydrogen (secondary N) is 2. The highest BCUT2D eigenvalue weighted by Crippen LogP contribution is 2.14. The third-order valence-corrected chi connectivity index (χ3v) is 2.98. The lowest BCUT2D eigenvalue weighted by Crippen LogP contribution is -2.23. The van der Waals surface area contributed by atoms with Crippen LogP contribution in [0.4, 0.5) is 15.8 Å². The maximum atomic E-state index is 12.8. The summed E-state index contributed by atoms with van der Waals surface area (Å²) in [4.78, 5) is 12.1. The van der Waals surface area contributed by atoms with E-state index >= 15 is 0 Å². The molecule has 2 rings (SSSR count). The lowest BCUT2D eigenvalue weighted by molar-refractivity contribution is 0.102. The van der Waals surface area contributed by atoms with Crippen molar-refractivity contribution in [3.63, 3.8) is 0 Å². The Balaban J connectivity index is 2.02. The first kappa shape index (κ1) is 15.9. The second-order valence-corrected chi connectivity index (χ2v) is 4.76. The standard InChI is InChI=1S/C16H17FN2O3/c17-12-4-6-13(7-5-12)19-16(22)11-2-1-3-14(8-11)18-9-15(21)10-20/h1-8,15,18,20-21H,9-10H2,(H,19,22). The van der Waals surface area contributed by atoms with Crippen LogP contribution in [0, 0.1) is 5.82 Å². The molecule has 0 aliphatic rings. The van der Waals surface area contributed by atoms with Crippen molar-refractivity contribution in [3.05, 3.63) is 59.9 Å². The van der Waals surface area contributed by atoms with Gasteiger partial charge in [0.15, 0.2) is 0 Å². The minimum Gasteiger partial charge on any atom is -0.394 e. The van der Waals surface area contributed by atoms with Gasteiger partial charge in [-0.3, -0.25) is 4.79 Å². The van der Waals surface area contributed by atoms with Crippen LogP contribution in [-0.4, -0.2) is 35.4 Å². The second kappa shape index (κ2) is 7.53. The third kappa shape index (κ3) is 4.54. The molecule has 1 amide bonds. The number of carbonyl (C=O) groups is 1. The quantitative estimate of drug-likeness (QED) is 0.656. The van der Waals surface area contributed by atoms with Crippen LogP contribution in [0.3, 0.4) is 0 Å². The monoisotopic (exact) mass is 304 g/mol. The first-order valence-corrected chi connectivity index (χ1v) is 6.78. The van der Waals surface area contributed by atoms with Crippen LogP contribution in [0.15, 0.2) is 48.5 Å². The highest BCUT2D eigenvalue weighted by atomic mass is 19.1. The number of carbonyl (C=O) groups excluding carboxylic acids is 1. The Morgan fingerprint density at radius 2 is 1.86 bits per heavy atom. The van der Waals surface area contributed by atoms with Crippen LogP contribution < -0.4 is 10.6 Å². The van der Waals surface area contributed by atoms with Gasteiger partial charge in [0.1, 0.15) is 5.82 Å². The second-order valence-electron chi connectivity index (χ2n) is 4.76. The van der Waals surface area contributed by atoms with E-state index < -0.39 is 6.10 Å². The van der Waals surface area contributed by atoms with Crippen molar-refractivity contribution in [2.75, 3.05) is 23.8 Å². The molecule has 0 heterocycles. The number of anilines is 2. The van der Waals surface area contributed by atoms with Crippen molar-refractivity contribution < 1.29 is 19.4 Å². The molecule has 116 valence electrons. The number of rotatable bonds is 6. The molecule has 1 unspecified atom stereocenters. The molecule has 1 atom stereocenters. The van der Waals surface area contributed by atoms with Crippen LogP contribution in [-0.2, 0) is 0 Å². The van der Waals surface area contributed by atoms with Gasteiger partial charge in [-0.2, -0.15) is 0 Å². The molecule has 0 aromatic heterocycles. The van der Waals surface area contributed by atoms with Gasteiger partial charge < -0.3 is 20.8 Å². The Morgan fingerprint density at radius 1 is 1.14 bits per heavy atom. The molecule has 5 nitrogen and oxygen atoms in total. The number of hydrogen-bond acceptors (Lipinski definition) is 4. The van der Waals surface area contributed by atoms with Crippen LogP contribution in [0.5, 0.6) is 0 Å². The van der Waals surface area contributed by atoms with Gasteiger partial charge in [0.05, 0.1) is 12.7 Å². The number of benzene rings is 2. The molecule has 0 saturated heterocycles. The van der Waals surface area contributed by atoms with Crippen molar-refractivity contribution in [3.8, 4) is 0 Å². The van der Waals surface area contributed by atoms with Gasteiger partial charge in [0.2, 0.25) is 0 Å². The predicted molar refractivity (Wildman–Crippen MR) is 82.4 cm³/mol. The summed E-state index contributed by atoms with van der Waals surface area (Å²) < 4.78 is 12.8. The van der Waals surface area contributed by atoms with Crippen molar-refractivity contribution in [2.24, 2.45) is 0 Å². The molecule has 2 aromatic carbocycles. The number of aliphatic hydroxyl groups is 2. The fraction of sp³-hybridized carbons (Fsp3) is 0.188. The normalized spacial score (nSPS) is 11.8. The minimum absolute atomic E-state index is 0.180. The average Bonchev–Trinajstić information content (AvgIpc) is 2.55. The number of hydrogen-bond donors (Lipinski definition) is 4. The van der Waals surface area contributed by atoms with Gasteiger partial charge in [-0.1, -0.05) is 6.07 Å². The van der Waals surface area contributed by atoms with E-state index in [1.54, 1.807) is 24.3 Å². The van der Waals surface area contributed by atoms with Crippen molar-refractivity contribution in [1.82, 2.24) is 0 Å². The molecule has 0 aliphatic heterocycles. The summed E-state index contributed by atoms with van der Waals surface area (Å²) in [6, 6.07) is 12.2. The van der Waals surface area contributed by atoms with Crippen molar-refractivity contribution in [2.45, 2.75) is 6.10 Å². The molecule has 0 aliphatic carbocycles. The van der Waals surface area contributed by atoms with Gasteiger partial charge in [-0.15, -0.1) is 0 Å². The SMILES string of the molecule is O=C(Nc1ccc(F)cc1)c1cccc(NCC(O)CO)c1. The summed E-state index contributed by atoms with van der Waals surface area (Å²) in [5, 5.41) is 23.6. The van der Waals surface area contributed by atoms with Gasteiger partial charge in [0.25, 0.3) is 5.91 Å². The molecule has 0 spiro atoms. The summed E-state index contributed by atoms with van der Waals surface area (Å²) in [5.74, 6) is -0.690. The summed E-state index contributed by atoms with van der Waals surface area (Å²) >= 11 is 0. The van der Waals surface area contributed by atoms with Crippen molar-refractivity contribution >= 4 is 17.3 Å². The smallest absolute Gasteiger partial charge is 0.255 e. The van der Waals surface area contributed by atoms with Crippen LogP contribution >= 0.6 is 0 Å². The summed E-state index contributed by atoms with van der Waals surface area (Å²) in [6.07, 6.45) is -0.864. The van der Waals surface area contributed by atoms with Crippen LogP contribution in [0.1, 0.15) is 10.4 Å². The minimum atomic E-state index is -0.864. The summed E-state index contributed by atoms with van der Waals surface area (Å²) in [6.45, 7) is -0.155. The van der Waals surface area contributed by atoms with E-state index in [4.69, 9.17) is 5.11 Å². The predicted octanol–water partition coefficient (Wildman–Crippen LogP) is 1.84. The first-order valence-electron chi connectivity index (χ1n) is 6.78. The van der Waals surface area contributed by atoms with E-state index in [1.165, 1.54) is 24.3 Å². The molecular formula is C16H17FN2O3. The Labute approximate surface area is 127 Å². The van der Waals surface area contributed by atoms with E-state index in [1.807, 2.05) is 0 Å². The molecule has 2 aromatic rings. The van der Waals surface area contributed by atoms with E-state index in [0.29, 0.717) is 16.9 Å². The first-order chi connectivity index (χ1) is 10.6. The van der Waals surface area contributed by atoms with Gasteiger partial charge >= 0.3 is 0 Å². The number of amides is 1. The molecule has 6 heteroatoms. The molecule has 4 N–H and O–H groups in total. The molecule has 22 heavy (non-hydrogen) atoms. The van der Waals surface area contributed by atoms with E-state index in [9.17, 15) is 14.3 Å². The maximum absolute atomic E-state index is 12.8. The fourth-order valence-electron chi connectivity index (χ4n) is 1.81. The number of aliphatic hydroxyl groups excluding tert-OH is 2. The zero-order chi connectivity index (χ0) is 15.9. The Bertz CT molecular complexity index is 632. The zero-order valence-electron chi connectivity index (χ0n) is 11.8. The summed E-state index contributed by atoms with van der Waals surface area (Å²) in [5.41, 5.74) is 1.58. The Kier molecular flexibility index (Phi) is 5.46. The van der Waals surface area contributed by atoms with Crippen LogP contribution in [0.25, 0.3) is 0 Å². The number of halogens is 1. The highest BCUT2D eigenvalue weighted by Gasteiger charge is 2.08. The molecule has 0 radical (unpaired) electrons. The third-order valence-electron chi connectivity index (χ3n) is 2.98. The Morgan fingerprint density at radius 3 is 2.55 bits per heavy atom. The van der Waals surface area contributed by atoms with Crippen molar-refractivity contribution in [1.29, 1.82) is 0 Å². The largest absolute Gasteiger partial charge is 0.394 e. The van der Waals surface area contributed by atoms with E-state index in [2.05, 4.69) is 10.6 Å². The highest BCUT2D eigenvalue weighted by molar-refractivity contribution is 6.04. The lowest BCUT2D eigenvalue weighted by atomic mass is 10.1. The van der Waals surface area contributed by atoms with Gasteiger partial charge in [0, 0.05) is 23.5 Å². The average molecular weight is 304 g/mol. The topological polar surface area (TPSA) is 81.6 Å². The fourth-order valence-corrected chi connectivity index (χ4v) is 1.81. The maximum Gasteiger partial charge on any atom is 0.255 e. The molecule has 0 bridgehead atoms. The Hall–Kier alpha value is -2.44.